The predicted molar refractivity (Wildman–Crippen MR) is 159 cm³/mol. The number of aliphatic hydroxyl groups excluding tert-OH is 1. The second kappa shape index (κ2) is 15.3. The quantitative estimate of drug-likeness (QED) is 0.277. The number of aliphatic hydroxyl groups is 1. The van der Waals surface area contributed by atoms with Crippen LogP contribution in [0.25, 0.3) is 10.9 Å². The maximum absolute atomic E-state index is 13.5. The molecular weight excluding hydrogens is 606 g/mol. The Kier molecular flexibility index (Phi) is 11.3. The lowest BCUT2D eigenvalue weighted by molar-refractivity contribution is -0.151. The van der Waals surface area contributed by atoms with Gasteiger partial charge in [-0.05, 0) is 25.5 Å². The molecule has 1 aromatic heterocycles. The van der Waals surface area contributed by atoms with Gasteiger partial charge in [0.2, 0.25) is 5.91 Å². The van der Waals surface area contributed by atoms with Gasteiger partial charge in [-0.15, -0.1) is 0 Å². The third kappa shape index (κ3) is 8.18. The molecule has 2 aliphatic heterocycles. The van der Waals surface area contributed by atoms with Crippen molar-refractivity contribution in [3.63, 3.8) is 0 Å². The predicted octanol–water partition coefficient (Wildman–Crippen LogP) is 0.0123. The molecule has 4 amide bonds. The summed E-state index contributed by atoms with van der Waals surface area (Å²) in [6.45, 7) is 2.08. The molecule has 4 rings (SSSR count). The molecule has 46 heavy (non-hydrogen) atoms. The van der Waals surface area contributed by atoms with Gasteiger partial charge < -0.3 is 44.4 Å². The van der Waals surface area contributed by atoms with Gasteiger partial charge in [0.1, 0.15) is 23.5 Å². The Bertz CT molecular complexity index is 1480. The summed E-state index contributed by atoms with van der Waals surface area (Å²) in [5, 5.41) is 22.4. The Morgan fingerprint density at radius 2 is 1.76 bits per heavy atom. The summed E-state index contributed by atoms with van der Waals surface area (Å²) >= 11 is 0. The lowest BCUT2D eigenvalue weighted by atomic mass is 10.1. The minimum Gasteiger partial charge on any atom is -0.483 e. The molecule has 0 bridgehead atoms. The number of likely N-dealkylation sites (tertiary alicyclic amines) is 1. The number of carboxylic acid groups (broad SMARTS) is 1. The first-order valence-corrected chi connectivity index (χ1v) is 14.8. The fourth-order valence-corrected chi connectivity index (χ4v) is 5.35. The van der Waals surface area contributed by atoms with Crippen molar-refractivity contribution in [3.05, 3.63) is 36.0 Å². The number of hydrogen-bond donors (Lipinski definition) is 3. The van der Waals surface area contributed by atoms with Crippen LogP contribution in [0.4, 0.5) is 4.79 Å². The molecule has 2 aliphatic rings. The molecule has 0 saturated carbocycles. The van der Waals surface area contributed by atoms with Crippen LogP contribution in [0.5, 0.6) is 5.75 Å². The molecular formula is C30H37N5O11. The van der Waals surface area contributed by atoms with Crippen molar-refractivity contribution in [1.29, 1.82) is 0 Å². The van der Waals surface area contributed by atoms with Crippen LogP contribution < -0.4 is 10.1 Å². The smallest absolute Gasteiger partial charge is 0.409 e. The molecule has 16 heteroatoms. The molecule has 2 aromatic rings. The number of hydrogen-bond acceptors (Lipinski definition) is 11. The van der Waals surface area contributed by atoms with Gasteiger partial charge in [0, 0.05) is 57.0 Å². The van der Waals surface area contributed by atoms with Crippen molar-refractivity contribution in [2.75, 3.05) is 53.0 Å². The van der Waals surface area contributed by atoms with Crippen LogP contribution in [0.2, 0.25) is 0 Å². The average Bonchev–Trinajstić information content (AvgIpc) is 3.46. The van der Waals surface area contributed by atoms with E-state index < -0.39 is 67.0 Å². The van der Waals surface area contributed by atoms with E-state index in [1.807, 2.05) is 0 Å². The lowest BCUT2D eigenvalue weighted by Crippen LogP contribution is -2.56. The molecule has 3 unspecified atom stereocenters. The van der Waals surface area contributed by atoms with Gasteiger partial charge in [-0.25, -0.2) is 14.6 Å². The van der Waals surface area contributed by atoms with Crippen molar-refractivity contribution >= 4 is 46.7 Å². The van der Waals surface area contributed by atoms with Crippen molar-refractivity contribution in [3.8, 4) is 5.75 Å². The highest BCUT2D eigenvalue weighted by Gasteiger charge is 2.40. The van der Waals surface area contributed by atoms with Crippen LogP contribution in [0.15, 0.2) is 30.3 Å². The number of para-hydroxylation sites is 1. The van der Waals surface area contributed by atoms with Crippen molar-refractivity contribution < 1.29 is 53.2 Å². The lowest BCUT2D eigenvalue weighted by Gasteiger charge is -2.35. The summed E-state index contributed by atoms with van der Waals surface area (Å²) in [5.41, 5.74) is 0.204. The minimum atomic E-state index is -1.20. The molecule has 0 radical (unpaired) electrons. The number of fused-ring (bicyclic) bond motifs is 1. The number of aromatic nitrogens is 1. The molecule has 16 nitrogen and oxygen atoms in total. The maximum Gasteiger partial charge on any atom is 0.409 e. The normalized spacial score (nSPS) is 18.5. The zero-order valence-electron chi connectivity index (χ0n) is 25.5. The second-order valence-electron chi connectivity index (χ2n) is 10.8. The third-order valence-electron chi connectivity index (χ3n) is 7.70. The number of nitrogens with one attached hydrogen (secondary N) is 1. The van der Waals surface area contributed by atoms with Crippen molar-refractivity contribution in [2.45, 2.75) is 44.4 Å². The van der Waals surface area contributed by atoms with E-state index in [9.17, 15) is 39.0 Å². The van der Waals surface area contributed by atoms with E-state index in [2.05, 4.69) is 10.3 Å². The fourth-order valence-electron chi connectivity index (χ4n) is 5.35. The number of β-amino-alcohol motifs (C(OH)–C–C–N with tert-alkyl or cyclic N) is 1. The molecule has 3 heterocycles. The van der Waals surface area contributed by atoms with Crippen LogP contribution in [0.1, 0.15) is 36.7 Å². The fraction of sp³-hybridized carbons (Fsp3) is 0.500. The molecule has 2 fully saturated rings. The Labute approximate surface area is 264 Å². The summed E-state index contributed by atoms with van der Waals surface area (Å²) in [5.74, 6) is -3.55. The number of aliphatic carboxylic acids is 1. The first-order chi connectivity index (χ1) is 22.0. The Morgan fingerprint density at radius 3 is 2.43 bits per heavy atom. The largest absolute Gasteiger partial charge is 0.483 e. The summed E-state index contributed by atoms with van der Waals surface area (Å²) in [7, 11) is 1.19. The number of pyridine rings is 1. The van der Waals surface area contributed by atoms with Crippen LogP contribution in [0, 0.1) is 0 Å². The number of nitrogens with zero attached hydrogens (tertiary/aromatic N) is 4. The zero-order valence-corrected chi connectivity index (χ0v) is 25.5. The average molecular weight is 644 g/mol. The molecule has 1 aromatic carbocycles. The first kappa shape index (κ1) is 33.9. The Morgan fingerprint density at radius 1 is 1.07 bits per heavy atom. The Balaban J connectivity index is 1.50. The van der Waals surface area contributed by atoms with Gasteiger partial charge in [0.15, 0.2) is 6.61 Å². The molecule has 0 aliphatic carbocycles. The second-order valence-corrected chi connectivity index (χ2v) is 10.8. The number of esters is 1. The van der Waals surface area contributed by atoms with Gasteiger partial charge in [0.25, 0.3) is 11.8 Å². The van der Waals surface area contributed by atoms with Crippen LogP contribution in [-0.2, 0) is 28.7 Å². The molecule has 3 atom stereocenters. The number of carbonyl (C=O) groups excluding carboxylic acids is 5. The molecule has 2 saturated heterocycles. The highest BCUT2D eigenvalue weighted by Crippen LogP contribution is 2.27. The highest BCUT2D eigenvalue weighted by atomic mass is 16.6. The first-order valence-electron chi connectivity index (χ1n) is 14.8. The number of methoxy groups -OCH3 is 1. The van der Waals surface area contributed by atoms with Crippen LogP contribution in [-0.4, -0.2) is 137 Å². The molecule has 3 N–H and O–H groups in total. The number of piperazine rings is 1. The molecule has 248 valence electrons. The van der Waals surface area contributed by atoms with Gasteiger partial charge in [-0.3, -0.25) is 19.2 Å². The third-order valence-corrected chi connectivity index (χ3v) is 7.70. The summed E-state index contributed by atoms with van der Waals surface area (Å²) in [6.07, 6.45) is -1.94. The van der Waals surface area contributed by atoms with E-state index in [0.29, 0.717) is 10.9 Å². The Hall–Kier alpha value is -4.99. The molecule has 0 spiro atoms. The number of carboxylic acids is 1. The van der Waals surface area contributed by atoms with Crippen LogP contribution in [0.3, 0.4) is 0 Å². The maximum atomic E-state index is 13.5. The van der Waals surface area contributed by atoms with Crippen LogP contribution >= 0.6 is 0 Å². The van der Waals surface area contributed by atoms with Crippen molar-refractivity contribution in [1.82, 2.24) is 25.0 Å². The summed E-state index contributed by atoms with van der Waals surface area (Å²) < 4.78 is 15.6. The SMILES string of the molecule is CCOC(=O)N1CCN(C(=O)C(CCC(=O)O)NC(=O)c2cc(OCC(=O)N3CC(O)CC3C(=O)OC)c3ccccc3n2)CC1. The minimum absolute atomic E-state index is 0.0315. The van der Waals surface area contributed by atoms with Gasteiger partial charge in [-0.1, -0.05) is 12.1 Å². The van der Waals surface area contributed by atoms with E-state index in [-0.39, 0.29) is 63.6 Å². The zero-order chi connectivity index (χ0) is 33.4. The topological polar surface area (TPSA) is 205 Å². The number of benzene rings is 1. The highest BCUT2D eigenvalue weighted by molar-refractivity contribution is 5.99. The monoisotopic (exact) mass is 643 g/mol. The van der Waals surface area contributed by atoms with Gasteiger partial charge in [0.05, 0.1) is 25.3 Å². The number of carbonyl (C=O) groups is 6. The van der Waals surface area contributed by atoms with Gasteiger partial charge >= 0.3 is 18.0 Å². The number of ether oxygens (including phenoxy) is 3. The van der Waals surface area contributed by atoms with E-state index in [4.69, 9.17) is 14.2 Å². The van der Waals surface area contributed by atoms with Crippen molar-refractivity contribution in [2.24, 2.45) is 0 Å². The number of rotatable bonds is 11. The van der Waals surface area contributed by atoms with E-state index >= 15 is 0 Å². The van der Waals surface area contributed by atoms with E-state index in [1.165, 1.54) is 27.9 Å². The van der Waals surface area contributed by atoms with E-state index in [0.717, 1.165) is 0 Å². The summed E-state index contributed by atoms with van der Waals surface area (Å²) in [6, 6.07) is 5.85. The summed E-state index contributed by atoms with van der Waals surface area (Å²) in [4.78, 5) is 83.9. The van der Waals surface area contributed by atoms with E-state index in [1.54, 1.807) is 31.2 Å². The number of amides is 4. The van der Waals surface area contributed by atoms with Gasteiger partial charge in [-0.2, -0.15) is 0 Å². The standard InChI is InChI=1S/C30H37N5O11/c1-3-45-30(43)34-12-10-33(11-13-34)28(41)21(8-9-26(38)39)32-27(40)22-15-24(19-6-4-5-7-20(19)31-22)46-17-25(37)35-16-18(36)14-23(35)29(42)44-2/h4-7,15,18,21,23,36H,3,8-14,16-17H2,1-2H3,(H,32,40)(H,38,39).